The molecule has 28 heavy (non-hydrogen) atoms. The van der Waals surface area contributed by atoms with E-state index in [9.17, 15) is 14.3 Å². The van der Waals surface area contributed by atoms with Crippen LogP contribution in [-0.4, -0.2) is 17.2 Å². The first-order valence-electron chi connectivity index (χ1n) is 8.94. The van der Waals surface area contributed by atoms with Crippen LogP contribution >= 0.6 is 9.24 Å². The van der Waals surface area contributed by atoms with Gasteiger partial charge in [0.05, 0.1) is 0 Å². The molecule has 0 heterocycles. The van der Waals surface area contributed by atoms with E-state index in [1.165, 1.54) is 30.3 Å². The smallest absolute Gasteiger partial charge is 0.193 e. The minimum atomic E-state index is -0.397. The van der Waals surface area contributed by atoms with E-state index in [2.05, 4.69) is 9.24 Å². The van der Waals surface area contributed by atoms with Gasteiger partial charge in [-0.2, -0.15) is 0 Å². The highest BCUT2D eigenvalue weighted by Crippen LogP contribution is 2.28. The zero-order valence-electron chi connectivity index (χ0n) is 15.8. The summed E-state index contributed by atoms with van der Waals surface area (Å²) < 4.78 is 18.8. The molecule has 3 aromatic carbocycles. The summed E-state index contributed by atoms with van der Waals surface area (Å²) in [6.07, 6.45) is 1.06. The maximum absolute atomic E-state index is 13.2. The lowest BCUT2D eigenvalue weighted by molar-refractivity contribution is 0.103. The summed E-state index contributed by atoms with van der Waals surface area (Å²) in [4.78, 5) is 13.0. The number of phenols is 1. The first-order chi connectivity index (χ1) is 13.4. The van der Waals surface area contributed by atoms with Crippen LogP contribution in [0.3, 0.4) is 0 Å². The third kappa shape index (κ3) is 4.40. The second kappa shape index (κ2) is 8.53. The number of hydrogen-bond acceptors (Lipinski definition) is 3. The van der Waals surface area contributed by atoms with Gasteiger partial charge in [0.25, 0.3) is 0 Å². The fourth-order valence-electron chi connectivity index (χ4n) is 3.29. The number of aryl methyl sites for hydroxylation is 2. The Morgan fingerprint density at radius 1 is 1.04 bits per heavy atom. The van der Waals surface area contributed by atoms with Crippen LogP contribution in [0.4, 0.5) is 4.39 Å². The maximum atomic E-state index is 13.2. The Bertz CT molecular complexity index is 990. The van der Waals surface area contributed by atoms with Crippen LogP contribution in [0, 0.1) is 19.7 Å². The molecule has 0 spiro atoms. The molecule has 0 amide bonds. The summed E-state index contributed by atoms with van der Waals surface area (Å²) in [6, 6.07) is 14.2. The van der Waals surface area contributed by atoms with Crippen molar-refractivity contribution in [2.45, 2.75) is 20.3 Å². The Hall–Kier alpha value is -2.71. The van der Waals surface area contributed by atoms with Crippen molar-refractivity contribution in [3.63, 3.8) is 0 Å². The molecule has 0 saturated carbocycles. The normalized spacial score (nSPS) is 10.7. The summed E-state index contributed by atoms with van der Waals surface area (Å²) in [5.74, 6) is 0.185. The molecule has 144 valence electrons. The van der Waals surface area contributed by atoms with Gasteiger partial charge in [-0.05, 0) is 91.1 Å². The average molecular weight is 396 g/mol. The van der Waals surface area contributed by atoms with E-state index < -0.39 is 5.82 Å². The number of ketones is 1. The van der Waals surface area contributed by atoms with Crippen LogP contribution in [0.1, 0.15) is 38.2 Å². The fraction of sp³-hybridized carbons (Fsp3) is 0.174. The van der Waals surface area contributed by atoms with Gasteiger partial charge in [0, 0.05) is 11.1 Å². The molecular formula is C23H22FO3P. The first-order valence-corrected chi connectivity index (χ1v) is 9.76. The minimum Gasteiger partial charge on any atom is -0.508 e. The molecule has 0 fully saturated rings. The first kappa shape index (κ1) is 20.0. The van der Waals surface area contributed by atoms with Gasteiger partial charge < -0.3 is 9.84 Å². The van der Waals surface area contributed by atoms with E-state index in [1.54, 1.807) is 12.1 Å². The number of carbonyl (C=O) groups is 1. The SMILES string of the molecule is Cc1cc(OCP)cc(C)c1Cc1ccc(O)cc1C(=O)c1ccc(F)cc1. The number of phenolic OH excluding ortho intramolecular Hbond substituents is 1. The van der Waals surface area contributed by atoms with Crippen molar-refractivity contribution < 1.29 is 19.0 Å². The second-order valence-corrected chi connectivity index (χ2v) is 7.03. The lowest BCUT2D eigenvalue weighted by Crippen LogP contribution is -2.07. The predicted octanol–water partition coefficient (Wildman–Crippen LogP) is 5.18. The zero-order valence-corrected chi connectivity index (χ0v) is 17.0. The molecule has 1 N–H and O–H groups in total. The summed E-state index contributed by atoms with van der Waals surface area (Å²) in [7, 11) is 2.53. The Labute approximate surface area is 166 Å². The fourth-order valence-corrected chi connectivity index (χ4v) is 3.48. The largest absolute Gasteiger partial charge is 0.508 e. The summed E-state index contributed by atoms with van der Waals surface area (Å²) >= 11 is 0. The van der Waals surface area contributed by atoms with Gasteiger partial charge in [0.15, 0.2) is 5.78 Å². The highest BCUT2D eigenvalue weighted by molar-refractivity contribution is 7.16. The molecule has 0 aromatic heterocycles. The van der Waals surface area contributed by atoms with Crippen LogP contribution in [0.5, 0.6) is 11.5 Å². The lowest BCUT2D eigenvalue weighted by atomic mass is 9.90. The van der Waals surface area contributed by atoms with Gasteiger partial charge in [-0.15, -0.1) is 0 Å². The zero-order chi connectivity index (χ0) is 20.3. The number of benzene rings is 3. The van der Waals surface area contributed by atoms with Crippen LogP contribution < -0.4 is 4.74 Å². The van der Waals surface area contributed by atoms with Gasteiger partial charge in [0.1, 0.15) is 23.7 Å². The summed E-state index contributed by atoms with van der Waals surface area (Å²) in [5.41, 5.74) is 4.85. The van der Waals surface area contributed by atoms with Crippen molar-refractivity contribution in [2.24, 2.45) is 0 Å². The molecular weight excluding hydrogens is 374 g/mol. The topological polar surface area (TPSA) is 46.5 Å². The molecule has 3 nitrogen and oxygen atoms in total. The predicted molar refractivity (Wildman–Crippen MR) is 112 cm³/mol. The third-order valence-electron chi connectivity index (χ3n) is 4.73. The second-order valence-electron chi connectivity index (χ2n) is 6.70. The van der Waals surface area contributed by atoms with E-state index >= 15 is 0 Å². The van der Waals surface area contributed by atoms with Crippen molar-refractivity contribution in [3.8, 4) is 11.5 Å². The Morgan fingerprint density at radius 3 is 2.29 bits per heavy atom. The molecule has 0 aliphatic heterocycles. The van der Waals surface area contributed by atoms with Crippen molar-refractivity contribution in [2.75, 3.05) is 6.35 Å². The molecule has 0 aliphatic carbocycles. The van der Waals surface area contributed by atoms with E-state index in [0.29, 0.717) is 23.9 Å². The Balaban J connectivity index is 2.00. The molecule has 5 heteroatoms. The number of carbonyl (C=O) groups excluding carboxylic acids is 1. The summed E-state index contributed by atoms with van der Waals surface area (Å²) in [6.45, 7) is 4.03. The molecule has 3 aromatic rings. The summed E-state index contributed by atoms with van der Waals surface area (Å²) in [5, 5.41) is 9.92. The van der Waals surface area contributed by atoms with Crippen molar-refractivity contribution >= 4 is 15.0 Å². The van der Waals surface area contributed by atoms with Gasteiger partial charge in [-0.1, -0.05) is 15.3 Å². The van der Waals surface area contributed by atoms with Crippen LogP contribution in [0.2, 0.25) is 0 Å². The number of hydrogen-bond donors (Lipinski definition) is 1. The van der Waals surface area contributed by atoms with Gasteiger partial charge >= 0.3 is 0 Å². The number of aromatic hydroxyl groups is 1. The van der Waals surface area contributed by atoms with Gasteiger partial charge in [-0.3, -0.25) is 4.79 Å². The van der Waals surface area contributed by atoms with Crippen LogP contribution in [0.15, 0.2) is 54.6 Å². The number of ether oxygens (including phenoxy) is 1. The van der Waals surface area contributed by atoms with Crippen LogP contribution in [0.25, 0.3) is 0 Å². The molecule has 0 aliphatic rings. The van der Waals surface area contributed by atoms with Crippen LogP contribution in [-0.2, 0) is 6.42 Å². The highest BCUT2D eigenvalue weighted by atomic mass is 31.0. The van der Waals surface area contributed by atoms with E-state index in [-0.39, 0.29) is 11.5 Å². The van der Waals surface area contributed by atoms with E-state index in [4.69, 9.17) is 4.74 Å². The standard InChI is InChI=1S/C23H22FO3P/c1-14-9-20(27-13-28)10-15(2)21(14)11-17-5-8-19(25)12-22(17)23(26)16-3-6-18(24)7-4-16/h3-10,12,25H,11,13,28H2,1-2H3. The number of rotatable bonds is 6. The molecule has 0 saturated heterocycles. The monoisotopic (exact) mass is 396 g/mol. The quantitative estimate of drug-likeness (QED) is 0.461. The van der Waals surface area contributed by atoms with E-state index in [0.717, 1.165) is 28.0 Å². The van der Waals surface area contributed by atoms with E-state index in [1.807, 2.05) is 26.0 Å². The Morgan fingerprint density at radius 2 is 1.68 bits per heavy atom. The van der Waals surface area contributed by atoms with Gasteiger partial charge in [0.2, 0.25) is 0 Å². The minimum absolute atomic E-state index is 0.0202. The van der Waals surface area contributed by atoms with Crippen molar-refractivity contribution in [1.82, 2.24) is 0 Å². The van der Waals surface area contributed by atoms with Gasteiger partial charge in [-0.25, -0.2) is 4.39 Å². The Kier molecular flexibility index (Phi) is 6.11. The molecule has 1 atom stereocenters. The molecule has 0 radical (unpaired) electrons. The maximum Gasteiger partial charge on any atom is 0.193 e. The lowest BCUT2D eigenvalue weighted by Gasteiger charge is -2.15. The van der Waals surface area contributed by atoms with Crippen molar-refractivity contribution in [3.05, 3.63) is 93.8 Å². The highest BCUT2D eigenvalue weighted by Gasteiger charge is 2.17. The van der Waals surface area contributed by atoms with Crippen molar-refractivity contribution in [1.29, 1.82) is 0 Å². The number of halogens is 1. The molecule has 3 rings (SSSR count). The molecule has 0 bridgehead atoms. The molecule has 1 unspecified atom stereocenters. The third-order valence-corrected chi connectivity index (χ3v) is 4.90. The average Bonchev–Trinajstić information content (AvgIpc) is 2.66.